The second-order valence-corrected chi connectivity index (χ2v) is 4.27. The van der Waals surface area contributed by atoms with E-state index in [1.54, 1.807) is 0 Å². The third-order valence-electron chi connectivity index (χ3n) is 3.21. The third-order valence-corrected chi connectivity index (χ3v) is 3.21. The Bertz CT molecular complexity index is 365. The topological polar surface area (TPSA) is 33.1 Å². The second kappa shape index (κ2) is 4.47. The molecule has 80 valence electrons. The van der Waals surface area contributed by atoms with E-state index >= 15 is 0 Å². The molecule has 0 aliphatic heterocycles. The van der Waals surface area contributed by atoms with Crippen LogP contribution >= 0.6 is 0 Å². The van der Waals surface area contributed by atoms with Crippen LogP contribution in [0, 0.1) is 0 Å². The number of nitrogens with zero attached hydrogens (tertiary/aromatic N) is 1. The molecular formula is C13H17NO. The maximum Gasteiger partial charge on any atom is 0.0842 e. The molecule has 2 heteroatoms. The van der Waals surface area contributed by atoms with Gasteiger partial charge in [-0.1, -0.05) is 12.8 Å². The monoisotopic (exact) mass is 203 g/mol. The first-order chi connectivity index (χ1) is 7.31. The number of aliphatic hydroxyl groups is 1. The van der Waals surface area contributed by atoms with Gasteiger partial charge in [-0.2, -0.15) is 0 Å². The first-order valence-corrected chi connectivity index (χ1v) is 5.58. The van der Waals surface area contributed by atoms with Gasteiger partial charge in [-0.3, -0.25) is 4.98 Å². The van der Waals surface area contributed by atoms with Crippen molar-refractivity contribution in [3.8, 4) is 0 Å². The zero-order chi connectivity index (χ0) is 10.7. The molecule has 1 aromatic heterocycles. The summed E-state index contributed by atoms with van der Waals surface area (Å²) in [6.45, 7) is 1.88. The van der Waals surface area contributed by atoms with E-state index in [1.807, 2.05) is 13.1 Å². The Morgan fingerprint density at radius 3 is 2.87 bits per heavy atom. The fourth-order valence-electron chi connectivity index (χ4n) is 2.24. The Morgan fingerprint density at radius 1 is 1.47 bits per heavy atom. The maximum absolute atomic E-state index is 8.94. The van der Waals surface area contributed by atoms with Crippen molar-refractivity contribution in [2.75, 3.05) is 0 Å². The lowest BCUT2D eigenvalue weighted by molar-refractivity contribution is 0.475. The summed E-state index contributed by atoms with van der Waals surface area (Å²) in [6, 6.07) is 4.21. The lowest BCUT2D eigenvalue weighted by Gasteiger charge is -2.10. The third kappa shape index (κ3) is 2.20. The van der Waals surface area contributed by atoms with Crippen LogP contribution in [0.1, 0.15) is 49.8 Å². The fourth-order valence-corrected chi connectivity index (χ4v) is 2.24. The number of hydrogen-bond acceptors (Lipinski definition) is 2. The van der Waals surface area contributed by atoms with E-state index in [0.29, 0.717) is 5.92 Å². The zero-order valence-electron chi connectivity index (χ0n) is 9.11. The van der Waals surface area contributed by atoms with Crippen molar-refractivity contribution in [1.82, 2.24) is 4.98 Å². The average molecular weight is 203 g/mol. The van der Waals surface area contributed by atoms with Crippen molar-refractivity contribution in [1.29, 1.82) is 0 Å². The summed E-state index contributed by atoms with van der Waals surface area (Å²) < 4.78 is 0. The molecule has 0 spiro atoms. The predicted octanol–water partition coefficient (Wildman–Crippen LogP) is 3.66. The summed E-state index contributed by atoms with van der Waals surface area (Å²) in [7, 11) is 0. The molecule has 0 aromatic carbocycles. The maximum atomic E-state index is 8.94. The molecule has 15 heavy (non-hydrogen) atoms. The molecule has 1 aromatic rings. The van der Waals surface area contributed by atoms with Crippen LogP contribution in [-0.2, 0) is 0 Å². The van der Waals surface area contributed by atoms with Crippen LogP contribution in [0.25, 0.3) is 5.57 Å². The van der Waals surface area contributed by atoms with Gasteiger partial charge in [0.15, 0.2) is 0 Å². The first-order valence-electron chi connectivity index (χ1n) is 5.58. The minimum Gasteiger partial charge on any atom is -0.515 e. The largest absolute Gasteiger partial charge is 0.515 e. The molecule has 1 heterocycles. The summed E-state index contributed by atoms with van der Waals surface area (Å²) >= 11 is 0. The molecule has 0 atom stereocenters. The molecule has 1 fully saturated rings. The van der Waals surface area contributed by atoms with Crippen molar-refractivity contribution in [2.24, 2.45) is 0 Å². The van der Waals surface area contributed by atoms with Gasteiger partial charge in [-0.15, -0.1) is 0 Å². The van der Waals surface area contributed by atoms with Gasteiger partial charge in [0.05, 0.1) is 12.0 Å². The van der Waals surface area contributed by atoms with Crippen molar-refractivity contribution < 1.29 is 5.11 Å². The van der Waals surface area contributed by atoms with Crippen LogP contribution in [0.4, 0.5) is 0 Å². The second-order valence-electron chi connectivity index (χ2n) is 4.27. The summed E-state index contributed by atoms with van der Waals surface area (Å²) in [6.07, 6.45) is 8.25. The fraction of sp³-hybridized carbons (Fsp3) is 0.462. The number of aromatic nitrogens is 1. The molecule has 0 amide bonds. The zero-order valence-corrected chi connectivity index (χ0v) is 9.11. The SMILES string of the molecule is C/C(=C/O)c1cc(C2CCCC2)ccn1. The van der Waals surface area contributed by atoms with Crippen LogP contribution in [0.15, 0.2) is 24.6 Å². The molecule has 1 N–H and O–H groups in total. The average Bonchev–Trinajstić information content (AvgIpc) is 2.82. The molecule has 1 aliphatic carbocycles. The Kier molecular flexibility index (Phi) is 3.05. The smallest absolute Gasteiger partial charge is 0.0842 e. The molecule has 0 unspecified atom stereocenters. The Hall–Kier alpha value is -1.31. The quantitative estimate of drug-likeness (QED) is 0.744. The minimum absolute atomic E-state index is 0.707. The van der Waals surface area contributed by atoms with Crippen molar-refractivity contribution >= 4 is 5.57 Å². The lowest BCUT2D eigenvalue weighted by Crippen LogP contribution is -1.95. The number of rotatable bonds is 2. The first kappa shape index (κ1) is 10.2. The van der Waals surface area contributed by atoms with Gasteiger partial charge in [0.2, 0.25) is 0 Å². The molecular weight excluding hydrogens is 186 g/mol. The minimum atomic E-state index is 0.707. The van der Waals surface area contributed by atoms with Gasteiger partial charge in [-0.25, -0.2) is 0 Å². The predicted molar refractivity (Wildman–Crippen MR) is 61.7 cm³/mol. The van der Waals surface area contributed by atoms with Crippen LogP contribution < -0.4 is 0 Å². The summed E-state index contributed by atoms with van der Waals surface area (Å²) in [5, 5.41) is 8.94. The highest BCUT2D eigenvalue weighted by Gasteiger charge is 2.17. The van der Waals surface area contributed by atoms with E-state index < -0.39 is 0 Å². The Labute approximate surface area is 90.7 Å². The normalized spacial score (nSPS) is 18.3. The van der Waals surface area contributed by atoms with Gasteiger partial charge in [0, 0.05) is 11.8 Å². The van der Waals surface area contributed by atoms with Crippen molar-refractivity contribution in [3.63, 3.8) is 0 Å². The summed E-state index contributed by atoms with van der Waals surface area (Å²) in [4.78, 5) is 4.25. The highest BCUT2D eigenvalue weighted by molar-refractivity contribution is 5.59. The summed E-state index contributed by atoms with van der Waals surface area (Å²) in [5.74, 6) is 0.707. The van der Waals surface area contributed by atoms with Gasteiger partial charge in [-0.05, 0) is 43.4 Å². The van der Waals surface area contributed by atoms with E-state index in [2.05, 4.69) is 17.1 Å². The van der Waals surface area contributed by atoms with Crippen LogP contribution in [-0.4, -0.2) is 10.1 Å². The molecule has 1 saturated carbocycles. The number of hydrogen-bond donors (Lipinski definition) is 1. The van der Waals surface area contributed by atoms with Gasteiger partial charge in [0.1, 0.15) is 0 Å². The van der Waals surface area contributed by atoms with E-state index in [1.165, 1.54) is 31.2 Å². The van der Waals surface area contributed by atoms with E-state index in [-0.39, 0.29) is 0 Å². The van der Waals surface area contributed by atoms with E-state index in [0.717, 1.165) is 17.5 Å². The lowest BCUT2D eigenvalue weighted by atomic mass is 9.97. The van der Waals surface area contributed by atoms with Gasteiger partial charge in [0.25, 0.3) is 0 Å². The standard InChI is InChI=1S/C13H17NO/c1-10(9-15)13-8-12(6-7-14-13)11-4-2-3-5-11/h6-9,11,15H,2-5H2,1H3/b10-9-. The highest BCUT2D eigenvalue weighted by atomic mass is 16.2. The molecule has 1 aliphatic rings. The number of aliphatic hydroxyl groups excluding tert-OH is 1. The molecule has 2 rings (SSSR count). The van der Waals surface area contributed by atoms with Crippen molar-refractivity contribution in [3.05, 3.63) is 35.8 Å². The van der Waals surface area contributed by atoms with Crippen molar-refractivity contribution in [2.45, 2.75) is 38.5 Å². The highest BCUT2D eigenvalue weighted by Crippen LogP contribution is 2.34. The molecule has 2 nitrogen and oxygen atoms in total. The number of pyridine rings is 1. The molecule has 0 bridgehead atoms. The van der Waals surface area contributed by atoms with Crippen LogP contribution in [0.5, 0.6) is 0 Å². The van der Waals surface area contributed by atoms with E-state index in [4.69, 9.17) is 5.11 Å². The molecule has 0 saturated heterocycles. The van der Waals surface area contributed by atoms with Gasteiger partial charge < -0.3 is 5.11 Å². The van der Waals surface area contributed by atoms with Crippen LogP contribution in [0.3, 0.4) is 0 Å². The number of allylic oxidation sites excluding steroid dienone is 1. The Morgan fingerprint density at radius 2 is 2.20 bits per heavy atom. The Balaban J connectivity index is 2.25. The molecule has 0 radical (unpaired) electrons. The van der Waals surface area contributed by atoms with E-state index in [9.17, 15) is 0 Å². The summed E-state index contributed by atoms with van der Waals surface area (Å²) in [5.41, 5.74) is 3.09. The van der Waals surface area contributed by atoms with Crippen LogP contribution in [0.2, 0.25) is 0 Å². The van der Waals surface area contributed by atoms with Gasteiger partial charge >= 0.3 is 0 Å².